The Labute approximate surface area is 84.2 Å². The number of primary amides is 1. The fourth-order valence-electron chi connectivity index (χ4n) is 0.875. The Kier molecular flexibility index (Phi) is 2.79. The van der Waals surface area contributed by atoms with Gasteiger partial charge in [-0.15, -0.1) is 23.7 Å². The van der Waals surface area contributed by atoms with Gasteiger partial charge in [0.2, 0.25) is 5.82 Å². The minimum Gasteiger partial charge on any atom is -0.363 e. The van der Waals surface area contributed by atoms with Crippen LogP contribution in [0.5, 0.6) is 0 Å². The zero-order chi connectivity index (χ0) is 8.55. The van der Waals surface area contributed by atoms with Crippen molar-refractivity contribution in [2.24, 2.45) is 5.73 Å². The highest BCUT2D eigenvalue weighted by molar-refractivity contribution is 7.16. The Morgan fingerprint density at radius 1 is 1.54 bits per heavy atom. The van der Waals surface area contributed by atoms with Gasteiger partial charge in [-0.25, -0.2) is 9.97 Å². The van der Waals surface area contributed by atoms with Crippen molar-refractivity contribution in [2.45, 2.75) is 0 Å². The third-order valence-electron chi connectivity index (χ3n) is 1.43. The highest BCUT2D eigenvalue weighted by atomic mass is 35.5. The molecule has 0 spiro atoms. The molecule has 1 amide bonds. The highest BCUT2D eigenvalue weighted by Gasteiger charge is 2.04. The van der Waals surface area contributed by atoms with Crippen LogP contribution in [-0.2, 0) is 0 Å². The van der Waals surface area contributed by atoms with E-state index in [1.807, 2.05) is 11.4 Å². The van der Waals surface area contributed by atoms with Crippen molar-refractivity contribution in [3.63, 3.8) is 0 Å². The molecule has 2 rings (SSSR count). The predicted molar refractivity (Wildman–Crippen MR) is 53.2 cm³/mol. The summed E-state index contributed by atoms with van der Waals surface area (Å²) in [4.78, 5) is 19.2. The first-order chi connectivity index (χ1) is 5.77. The van der Waals surface area contributed by atoms with E-state index in [1.54, 1.807) is 6.20 Å². The summed E-state index contributed by atoms with van der Waals surface area (Å²) in [5.74, 6) is -0.518. The molecule has 0 atom stereocenters. The van der Waals surface area contributed by atoms with Crippen molar-refractivity contribution >= 4 is 39.9 Å². The maximum atomic E-state index is 10.7. The summed E-state index contributed by atoms with van der Waals surface area (Å²) in [6.45, 7) is 0. The number of rotatable bonds is 1. The summed E-state index contributed by atoms with van der Waals surface area (Å²) in [5.41, 5.74) is 5.01. The summed E-state index contributed by atoms with van der Waals surface area (Å²) in [5, 5.41) is 2.83. The maximum absolute atomic E-state index is 10.7. The smallest absolute Gasteiger partial charge is 0.286 e. The molecule has 0 unspecified atom stereocenters. The lowest BCUT2D eigenvalue weighted by Gasteiger charge is -1.91. The average Bonchev–Trinajstić information content (AvgIpc) is 2.49. The van der Waals surface area contributed by atoms with Crippen LogP contribution in [-0.4, -0.2) is 15.9 Å². The molecule has 0 aliphatic carbocycles. The zero-order valence-electron chi connectivity index (χ0n) is 6.43. The fraction of sp³-hybridized carbons (Fsp3) is 0. The predicted octanol–water partition coefficient (Wildman–Crippen LogP) is 1.21. The number of aromatic nitrogens is 2. The van der Waals surface area contributed by atoms with E-state index in [9.17, 15) is 4.79 Å². The van der Waals surface area contributed by atoms with Crippen LogP contribution >= 0.6 is 23.7 Å². The van der Waals surface area contributed by atoms with Gasteiger partial charge in [-0.1, -0.05) is 0 Å². The average molecular weight is 216 g/mol. The van der Waals surface area contributed by atoms with Crippen LogP contribution in [0.25, 0.3) is 10.2 Å². The summed E-state index contributed by atoms with van der Waals surface area (Å²) in [6.07, 6.45) is 1.60. The van der Waals surface area contributed by atoms with Gasteiger partial charge in [-0.2, -0.15) is 0 Å². The lowest BCUT2D eigenvalue weighted by atomic mass is 10.4. The Balaban J connectivity index is 0.000000845. The molecule has 0 fully saturated rings. The van der Waals surface area contributed by atoms with Crippen LogP contribution in [0.15, 0.2) is 17.6 Å². The third-order valence-corrected chi connectivity index (χ3v) is 2.25. The first-order valence-corrected chi connectivity index (χ1v) is 4.15. The standard InChI is InChI=1S/C7H5N3OS.ClH/c8-5(11)6-9-3-4-1-2-12-7(4)10-6;/h1-3H,(H2,8,11);1H. The molecule has 0 radical (unpaired) electrons. The number of carbonyl (C=O) groups excluding carboxylic acids is 1. The van der Waals surface area contributed by atoms with E-state index in [4.69, 9.17) is 5.73 Å². The van der Waals surface area contributed by atoms with Crippen molar-refractivity contribution in [3.05, 3.63) is 23.5 Å². The molecule has 0 saturated carbocycles. The van der Waals surface area contributed by atoms with Gasteiger partial charge >= 0.3 is 0 Å². The second-order valence-corrected chi connectivity index (χ2v) is 3.13. The van der Waals surface area contributed by atoms with Crippen LogP contribution in [0.2, 0.25) is 0 Å². The van der Waals surface area contributed by atoms with Crippen molar-refractivity contribution < 1.29 is 4.79 Å². The van der Waals surface area contributed by atoms with E-state index < -0.39 is 5.91 Å². The molecule has 2 N–H and O–H groups in total. The summed E-state index contributed by atoms with van der Waals surface area (Å²) < 4.78 is 0. The summed E-state index contributed by atoms with van der Waals surface area (Å²) in [6, 6.07) is 1.89. The van der Waals surface area contributed by atoms with E-state index in [-0.39, 0.29) is 18.2 Å². The molecular formula is C7H6ClN3OS. The molecule has 0 aliphatic heterocycles. The molecule has 68 valence electrons. The molecule has 6 heteroatoms. The largest absolute Gasteiger partial charge is 0.363 e. The van der Waals surface area contributed by atoms with Gasteiger partial charge in [0.1, 0.15) is 4.83 Å². The van der Waals surface area contributed by atoms with Gasteiger partial charge < -0.3 is 5.73 Å². The van der Waals surface area contributed by atoms with Gasteiger partial charge in [0.05, 0.1) is 0 Å². The van der Waals surface area contributed by atoms with Gasteiger partial charge in [0.15, 0.2) is 0 Å². The van der Waals surface area contributed by atoms with E-state index in [2.05, 4.69) is 9.97 Å². The third kappa shape index (κ3) is 1.76. The van der Waals surface area contributed by atoms with Crippen molar-refractivity contribution in [2.75, 3.05) is 0 Å². The van der Waals surface area contributed by atoms with Crippen molar-refractivity contribution in [3.8, 4) is 0 Å². The number of hydrogen-bond acceptors (Lipinski definition) is 4. The van der Waals surface area contributed by atoms with Gasteiger partial charge in [-0.05, 0) is 11.4 Å². The van der Waals surface area contributed by atoms with Crippen LogP contribution in [0.4, 0.5) is 0 Å². The van der Waals surface area contributed by atoms with E-state index >= 15 is 0 Å². The van der Waals surface area contributed by atoms with Crippen LogP contribution < -0.4 is 5.73 Å². The number of nitrogens with zero attached hydrogens (tertiary/aromatic N) is 2. The SMILES string of the molecule is Cl.NC(=O)c1ncc2ccsc2n1. The molecule has 0 aromatic carbocycles. The fourth-order valence-corrected chi connectivity index (χ4v) is 1.61. The lowest BCUT2D eigenvalue weighted by Crippen LogP contribution is -2.14. The molecule has 13 heavy (non-hydrogen) atoms. The quantitative estimate of drug-likeness (QED) is 0.778. The molecule has 2 aromatic rings. The zero-order valence-corrected chi connectivity index (χ0v) is 8.06. The van der Waals surface area contributed by atoms with Crippen LogP contribution in [0.1, 0.15) is 10.6 Å². The van der Waals surface area contributed by atoms with E-state index in [0.29, 0.717) is 0 Å². The summed E-state index contributed by atoms with van der Waals surface area (Å²) in [7, 11) is 0. The summed E-state index contributed by atoms with van der Waals surface area (Å²) >= 11 is 1.46. The number of halogens is 1. The molecule has 0 bridgehead atoms. The Morgan fingerprint density at radius 3 is 3.00 bits per heavy atom. The number of thiophene rings is 1. The van der Waals surface area contributed by atoms with E-state index in [0.717, 1.165) is 10.2 Å². The lowest BCUT2D eigenvalue weighted by molar-refractivity contribution is 0.0991. The first-order valence-electron chi connectivity index (χ1n) is 3.27. The molecular weight excluding hydrogens is 210 g/mol. The molecule has 2 aromatic heterocycles. The van der Waals surface area contributed by atoms with Gasteiger partial charge in [0.25, 0.3) is 5.91 Å². The second kappa shape index (κ2) is 3.68. The minimum absolute atomic E-state index is 0. The van der Waals surface area contributed by atoms with Crippen molar-refractivity contribution in [1.29, 1.82) is 0 Å². The number of amides is 1. The molecule has 4 nitrogen and oxygen atoms in total. The minimum atomic E-state index is -0.592. The van der Waals surface area contributed by atoms with Crippen LogP contribution in [0, 0.1) is 0 Å². The van der Waals surface area contributed by atoms with Crippen LogP contribution in [0.3, 0.4) is 0 Å². The Bertz CT molecular complexity index is 442. The number of carbonyl (C=O) groups is 1. The monoisotopic (exact) mass is 215 g/mol. The molecule has 0 aliphatic rings. The highest BCUT2D eigenvalue weighted by Crippen LogP contribution is 2.16. The topological polar surface area (TPSA) is 68.9 Å². The normalized spacial score (nSPS) is 9.54. The van der Waals surface area contributed by atoms with Gasteiger partial charge in [0, 0.05) is 11.6 Å². The number of fused-ring (bicyclic) bond motifs is 1. The second-order valence-electron chi connectivity index (χ2n) is 2.24. The van der Waals surface area contributed by atoms with Gasteiger partial charge in [-0.3, -0.25) is 4.79 Å². The Hall–Kier alpha value is -1.20. The van der Waals surface area contributed by atoms with Crippen molar-refractivity contribution in [1.82, 2.24) is 9.97 Å². The number of hydrogen-bond donors (Lipinski definition) is 1. The van der Waals surface area contributed by atoms with E-state index in [1.165, 1.54) is 11.3 Å². The number of nitrogens with two attached hydrogens (primary N) is 1. The Morgan fingerprint density at radius 2 is 2.31 bits per heavy atom. The molecule has 2 heterocycles. The first kappa shape index (κ1) is 9.88. The maximum Gasteiger partial charge on any atom is 0.286 e. The molecule has 0 saturated heterocycles.